The van der Waals surface area contributed by atoms with E-state index in [9.17, 15) is 9.59 Å². The van der Waals surface area contributed by atoms with Gasteiger partial charge in [0.15, 0.2) is 0 Å². The number of nitrogens with zero attached hydrogens (tertiary/aromatic N) is 2. The minimum Gasteiger partial charge on any atom is -0.481 e. The normalized spacial score (nSPS) is 10.5. The first-order valence-electron chi connectivity index (χ1n) is 5.11. The predicted molar refractivity (Wildman–Crippen MR) is 65.8 cm³/mol. The second kappa shape index (κ2) is 8.41. The van der Waals surface area contributed by atoms with Gasteiger partial charge >= 0.3 is 5.97 Å². The number of thioether (sulfide) groups is 1. The average Bonchev–Trinajstić information content (AvgIpc) is 2.16. The first kappa shape index (κ1) is 15.2. The minimum absolute atomic E-state index is 0.00925. The molecule has 0 aliphatic rings. The first-order valence-corrected chi connectivity index (χ1v) is 6.27. The number of amides is 1. The van der Waals surface area contributed by atoms with E-state index in [2.05, 4.69) is 4.90 Å². The number of carboxylic acids is 1. The van der Waals surface area contributed by atoms with Crippen molar-refractivity contribution < 1.29 is 14.7 Å². The standard InChI is InChI=1S/C10H20N2O3S/c1-11(2)5-4-6-12(3)9(13)7-16-8-10(14)15/h4-8H2,1-3H3,(H,14,15). The zero-order valence-corrected chi connectivity index (χ0v) is 10.9. The van der Waals surface area contributed by atoms with E-state index in [0.29, 0.717) is 6.54 Å². The predicted octanol–water partition coefficient (Wildman–Crippen LogP) is 0.214. The van der Waals surface area contributed by atoms with Gasteiger partial charge in [0.1, 0.15) is 0 Å². The van der Waals surface area contributed by atoms with Crippen LogP contribution in [0.3, 0.4) is 0 Å². The molecule has 0 radical (unpaired) electrons. The molecule has 0 saturated carbocycles. The van der Waals surface area contributed by atoms with E-state index in [-0.39, 0.29) is 17.4 Å². The van der Waals surface area contributed by atoms with Gasteiger partial charge < -0.3 is 14.9 Å². The van der Waals surface area contributed by atoms with Crippen LogP contribution in [0.25, 0.3) is 0 Å². The lowest BCUT2D eigenvalue weighted by Gasteiger charge is -2.18. The maximum Gasteiger partial charge on any atom is 0.313 e. The van der Waals surface area contributed by atoms with E-state index in [1.807, 2.05) is 14.1 Å². The van der Waals surface area contributed by atoms with Crippen LogP contribution in [0, 0.1) is 0 Å². The Balaban J connectivity index is 3.61. The van der Waals surface area contributed by atoms with Gasteiger partial charge in [-0.3, -0.25) is 9.59 Å². The van der Waals surface area contributed by atoms with Crippen molar-refractivity contribution in [1.82, 2.24) is 9.80 Å². The Bertz CT molecular complexity index is 234. The third kappa shape index (κ3) is 8.55. The molecule has 0 fully saturated rings. The monoisotopic (exact) mass is 248 g/mol. The van der Waals surface area contributed by atoms with E-state index in [1.54, 1.807) is 11.9 Å². The third-order valence-corrected chi connectivity index (χ3v) is 2.88. The van der Waals surface area contributed by atoms with Gasteiger partial charge in [-0.25, -0.2) is 0 Å². The summed E-state index contributed by atoms with van der Waals surface area (Å²) in [4.78, 5) is 25.5. The lowest BCUT2D eigenvalue weighted by atomic mass is 10.4. The fraction of sp³-hybridized carbons (Fsp3) is 0.800. The van der Waals surface area contributed by atoms with E-state index >= 15 is 0 Å². The quantitative estimate of drug-likeness (QED) is 0.665. The van der Waals surface area contributed by atoms with E-state index in [4.69, 9.17) is 5.11 Å². The Labute approximate surface area is 101 Å². The van der Waals surface area contributed by atoms with Crippen molar-refractivity contribution in [3.63, 3.8) is 0 Å². The van der Waals surface area contributed by atoms with E-state index in [1.165, 1.54) is 0 Å². The molecule has 0 spiro atoms. The molecule has 0 bridgehead atoms. The molecule has 0 rings (SSSR count). The third-order valence-electron chi connectivity index (χ3n) is 1.98. The lowest BCUT2D eigenvalue weighted by Crippen LogP contribution is -2.31. The van der Waals surface area contributed by atoms with Gasteiger partial charge in [0, 0.05) is 13.6 Å². The molecule has 0 heterocycles. The molecule has 1 N–H and O–H groups in total. The molecule has 1 amide bonds. The fourth-order valence-electron chi connectivity index (χ4n) is 1.08. The van der Waals surface area contributed by atoms with Crippen molar-refractivity contribution >= 4 is 23.6 Å². The Morgan fingerprint density at radius 2 is 1.75 bits per heavy atom. The highest BCUT2D eigenvalue weighted by Gasteiger charge is 2.09. The molecule has 0 aromatic heterocycles. The molecule has 0 unspecified atom stereocenters. The van der Waals surface area contributed by atoms with Crippen LogP contribution in [-0.4, -0.2) is 72.5 Å². The van der Waals surface area contributed by atoms with E-state index in [0.717, 1.165) is 24.7 Å². The average molecular weight is 248 g/mol. The number of rotatable bonds is 8. The maximum absolute atomic E-state index is 11.5. The summed E-state index contributed by atoms with van der Waals surface area (Å²) in [5, 5.41) is 8.42. The van der Waals surface area contributed by atoms with Crippen molar-refractivity contribution in [2.45, 2.75) is 6.42 Å². The highest BCUT2D eigenvalue weighted by Crippen LogP contribution is 2.02. The van der Waals surface area contributed by atoms with Crippen LogP contribution in [0.4, 0.5) is 0 Å². The molecule has 0 aliphatic carbocycles. The van der Waals surface area contributed by atoms with Crippen LogP contribution >= 0.6 is 11.8 Å². The lowest BCUT2D eigenvalue weighted by molar-refractivity contribution is -0.133. The van der Waals surface area contributed by atoms with Crippen LogP contribution in [0.1, 0.15) is 6.42 Å². The summed E-state index contributed by atoms with van der Waals surface area (Å²) >= 11 is 1.14. The van der Waals surface area contributed by atoms with Gasteiger partial charge in [-0.2, -0.15) is 0 Å². The van der Waals surface area contributed by atoms with Gasteiger partial charge in [0.05, 0.1) is 11.5 Å². The molecule has 16 heavy (non-hydrogen) atoms. The van der Waals surface area contributed by atoms with Crippen molar-refractivity contribution in [3.8, 4) is 0 Å². The Hall–Kier alpha value is -0.750. The van der Waals surface area contributed by atoms with Crippen LogP contribution in [0.5, 0.6) is 0 Å². The highest BCUT2D eigenvalue weighted by molar-refractivity contribution is 8.00. The molecular weight excluding hydrogens is 228 g/mol. The number of aliphatic carboxylic acids is 1. The molecule has 0 aliphatic heterocycles. The summed E-state index contributed by atoms with van der Waals surface area (Å²) in [5.74, 6) is -0.666. The molecule has 0 aromatic rings. The topological polar surface area (TPSA) is 60.9 Å². The number of hydrogen-bond donors (Lipinski definition) is 1. The Kier molecular flexibility index (Phi) is 8.01. The smallest absolute Gasteiger partial charge is 0.313 e. The fourth-order valence-corrected chi connectivity index (χ4v) is 1.76. The SMILES string of the molecule is CN(C)CCCN(C)C(=O)CSCC(=O)O. The molecule has 0 aromatic carbocycles. The zero-order chi connectivity index (χ0) is 12.6. The summed E-state index contributed by atoms with van der Waals surface area (Å²) in [6, 6.07) is 0. The Morgan fingerprint density at radius 3 is 2.25 bits per heavy atom. The molecule has 94 valence electrons. The molecule has 5 nitrogen and oxygen atoms in total. The largest absolute Gasteiger partial charge is 0.481 e. The number of carbonyl (C=O) groups excluding carboxylic acids is 1. The Morgan fingerprint density at radius 1 is 1.12 bits per heavy atom. The summed E-state index contributed by atoms with van der Waals surface area (Å²) in [6.07, 6.45) is 0.929. The summed E-state index contributed by atoms with van der Waals surface area (Å²) in [6.45, 7) is 1.66. The van der Waals surface area contributed by atoms with Crippen molar-refractivity contribution in [2.24, 2.45) is 0 Å². The maximum atomic E-state index is 11.5. The van der Waals surface area contributed by atoms with Crippen LogP contribution < -0.4 is 0 Å². The second-order valence-electron chi connectivity index (χ2n) is 3.86. The highest BCUT2D eigenvalue weighted by atomic mass is 32.2. The summed E-state index contributed by atoms with van der Waals surface area (Å²) < 4.78 is 0. The summed E-state index contributed by atoms with van der Waals surface area (Å²) in [5.41, 5.74) is 0. The zero-order valence-electron chi connectivity index (χ0n) is 10.1. The number of carbonyl (C=O) groups is 2. The van der Waals surface area contributed by atoms with Crippen LogP contribution in [0.15, 0.2) is 0 Å². The van der Waals surface area contributed by atoms with Gasteiger partial charge in [0.2, 0.25) is 5.91 Å². The van der Waals surface area contributed by atoms with Gasteiger partial charge in [0.25, 0.3) is 0 Å². The molecular formula is C10H20N2O3S. The number of carboxylic acid groups (broad SMARTS) is 1. The van der Waals surface area contributed by atoms with Crippen molar-refractivity contribution in [1.29, 1.82) is 0 Å². The molecule has 0 atom stereocenters. The van der Waals surface area contributed by atoms with Crippen LogP contribution in [0.2, 0.25) is 0 Å². The first-order chi connectivity index (χ1) is 7.43. The second-order valence-corrected chi connectivity index (χ2v) is 4.84. The summed E-state index contributed by atoms with van der Waals surface area (Å²) in [7, 11) is 5.73. The van der Waals surface area contributed by atoms with E-state index < -0.39 is 5.97 Å². The van der Waals surface area contributed by atoms with Crippen LogP contribution in [-0.2, 0) is 9.59 Å². The molecule has 6 heteroatoms. The minimum atomic E-state index is -0.881. The number of hydrogen-bond acceptors (Lipinski definition) is 4. The van der Waals surface area contributed by atoms with Gasteiger partial charge in [-0.05, 0) is 27.1 Å². The van der Waals surface area contributed by atoms with Gasteiger partial charge in [-0.1, -0.05) is 0 Å². The van der Waals surface area contributed by atoms with Gasteiger partial charge in [-0.15, -0.1) is 11.8 Å². The van der Waals surface area contributed by atoms with Crippen molar-refractivity contribution in [3.05, 3.63) is 0 Å². The van der Waals surface area contributed by atoms with Crippen molar-refractivity contribution in [2.75, 3.05) is 45.7 Å². The molecule has 0 saturated heterocycles.